The number of hydrogen-bond acceptors (Lipinski definition) is 1. The third kappa shape index (κ3) is 1.64. The maximum Gasteiger partial charge on any atom is 0.268 e. The van der Waals surface area contributed by atoms with Gasteiger partial charge in [0.15, 0.2) is 0 Å². The van der Waals surface area contributed by atoms with Gasteiger partial charge in [-0.3, -0.25) is 0 Å². The molecular formula is C11H12F2O. The van der Waals surface area contributed by atoms with Crippen molar-refractivity contribution in [3.05, 3.63) is 34.9 Å². The van der Waals surface area contributed by atoms with Crippen LogP contribution in [0.2, 0.25) is 0 Å². The molecule has 3 heteroatoms. The molecule has 0 aromatic heterocycles. The standard InChI is InChI=1S/C11H12F2O/c12-11(13)10(14)9-5-4-7-2-1-3-8(7)6-9/h4-6,10-11,14H,1-3H2. The van der Waals surface area contributed by atoms with Gasteiger partial charge in [-0.2, -0.15) is 0 Å². The predicted octanol–water partition coefficient (Wildman–Crippen LogP) is 2.47. The van der Waals surface area contributed by atoms with Crippen molar-refractivity contribution in [2.45, 2.75) is 31.8 Å². The van der Waals surface area contributed by atoms with Crippen LogP contribution in [-0.2, 0) is 12.8 Å². The average molecular weight is 198 g/mol. The molecule has 1 unspecified atom stereocenters. The molecule has 0 bridgehead atoms. The largest absolute Gasteiger partial charge is 0.382 e. The third-order valence-corrected chi connectivity index (χ3v) is 2.70. The van der Waals surface area contributed by atoms with Gasteiger partial charge in [-0.25, -0.2) is 8.78 Å². The van der Waals surface area contributed by atoms with E-state index in [1.807, 2.05) is 6.07 Å². The summed E-state index contributed by atoms with van der Waals surface area (Å²) in [6.07, 6.45) is -1.28. The molecule has 0 spiro atoms. The summed E-state index contributed by atoms with van der Waals surface area (Å²) in [5, 5.41) is 9.18. The van der Waals surface area contributed by atoms with Gasteiger partial charge in [0, 0.05) is 0 Å². The van der Waals surface area contributed by atoms with Crippen molar-refractivity contribution in [3.63, 3.8) is 0 Å². The SMILES string of the molecule is OC(c1ccc2c(c1)CCC2)C(F)F. The second-order valence-electron chi connectivity index (χ2n) is 3.66. The van der Waals surface area contributed by atoms with Crippen LogP contribution in [0.4, 0.5) is 8.78 Å². The van der Waals surface area contributed by atoms with Crippen molar-refractivity contribution in [2.24, 2.45) is 0 Å². The lowest BCUT2D eigenvalue weighted by Crippen LogP contribution is -2.08. The zero-order valence-electron chi connectivity index (χ0n) is 7.71. The van der Waals surface area contributed by atoms with Gasteiger partial charge in [0.25, 0.3) is 6.43 Å². The quantitative estimate of drug-likeness (QED) is 0.774. The molecule has 0 aliphatic heterocycles. The molecule has 1 aromatic rings. The molecule has 76 valence electrons. The Kier molecular flexibility index (Phi) is 2.50. The fourth-order valence-corrected chi connectivity index (χ4v) is 1.92. The van der Waals surface area contributed by atoms with Gasteiger partial charge in [0.05, 0.1) is 0 Å². The zero-order chi connectivity index (χ0) is 10.1. The number of halogens is 2. The minimum atomic E-state index is -2.70. The van der Waals surface area contributed by atoms with E-state index in [4.69, 9.17) is 0 Å². The molecule has 0 radical (unpaired) electrons. The van der Waals surface area contributed by atoms with Crippen LogP contribution < -0.4 is 0 Å². The van der Waals surface area contributed by atoms with E-state index in [0.717, 1.165) is 24.8 Å². The number of aliphatic hydroxyl groups excluding tert-OH is 1. The van der Waals surface area contributed by atoms with Crippen molar-refractivity contribution in [3.8, 4) is 0 Å². The van der Waals surface area contributed by atoms with Gasteiger partial charge >= 0.3 is 0 Å². The Morgan fingerprint density at radius 2 is 1.86 bits per heavy atom. The molecule has 1 N–H and O–H groups in total. The van der Waals surface area contributed by atoms with E-state index in [0.29, 0.717) is 5.56 Å². The molecule has 0 fully saturated rings. The normalized spacial score (nSPS) is 17.1. The van der Waals surface area contributed by atoms with Crippen LogP contribution in [0.5, 0.6) is 0 Å². The first kappa shape index (κ1) is 9.59. The molecule has 1 aliphatic carbocycles. The molecule has 1 aliphatic rings. The van der Waals surface area contributed by atoms with Crippen molar-refractivity contribution in [1.29, 1.82) is 0 Å². The molecule has 0 saturated carbocycles. The number of aliphatic hydroxyl groups is 1. The van der Waals surface area contributed by atoms with E-state index in [1.165, 1.54) is 5.56 Å². The first-order valence-electron chi connectivity index (χ1n) is 4.76. The van der Waals surface area contributed by atoms with Crippen LogP contribution in [0, 0.1) is 0 Å². The fourth-order valence-electron chi connectivity index (χ4n) is 1.92. The highest BCUT2D eigenvalue weighted by atomic mass is 19.3. The van der Waals surface area contributed by atoms with Crippen molar-refractivity contribution in [1.82, 2.24) is 0 Å². The van der Waals surface area contributed by atoms with Gasteiger partial charge in [0.1, 0.15) is 6.10 Å². The number of hydrogen-bond donors (Lipinski definition) is 1. The minimum absolute atomic E-state index is 0.334. The number of alkyl halides is 2. The van der Waals surface area contributed by atoms with Gasteiger partial charge in [-0.05, 0) is 36.0 Å². The van der Waals surface area contributed by atoms with Crippen LogP contribution >= 0.6 is 0 Å². The molecule has 0 amide bonds. The lowest BCUT2D eigenvalue weighted by Gasteiger charge is -2.11. The van der Waals surface area contributed by atoms with E-state index < -0.39 is 12.5 Å². The van der Waals surface area contributed by atoms with Crippen LogP contribution in [0.15, 0.2) is 18.2 Å². The molecule has 1 atom stereocenters. The molecule has 0 heterocycles. The zero-order valence-corrected chi connectivity index (χ0v) is 7.71. The molecule has 1 aromatic carbocycles. The summed E-state index contributed by atoms with van der Waals surface area (Å²) < 4.78 is 24.4. The average Bonchev–Trinajstić information content (AvgIpc) is 2.62. The molecule has 1 nitrogen and oxygen atoms in total. The van der Waals surface area contributed by atoms with E-state index in [2.05, 4.69) is 0 Å². The van der Waals surface area contributed by atoms with Crippen LogP contribution in [0.3, 0.4) is 0 Å². The maximum atomic E-state index is 12.2. The number of rotatable bonds is 2. The van der Waals surface area contributed by atoms with E-state index in [9.17, 15) is 13.9 Å². The summed E-state index contributed by atoms with van der Waals surface area (Å²) >= 11 is 0. The Bertz CT molecular complexity index is 336. The summed E-state index contributed by atoms with van der Waals surface area (Å²) in [4.78, 5) is 0. The van der Waals surface area contributed by atoms with Crippen LogP contribution in [0.25, 0.3) is 0 Å². The Hall–Kier alpha value is -0.960. The predicted molar refractivity (Wildman–Crippen MR) is 49.4 cm³/mol. The van der Waals surface area contributed by atoms with Gasteiger partial charge < -0.3 is 5.11 Å². The van der Waals surface area contributed by atoms with Crippen LogP contribution in [-0.4, -0.2) is 11.5 Å². The lowest BCUT2D eigenvalue weighted by atomic mass is 10.0. The number of benzene rings is 1. The Balaban J connectivity index is 2.28. The van der Waals surface area contributed by atoms with Crippen molar-refractivity contribution in [2.75, 3.05) is 0 Å². The second kappa shape index (κ2) is 3.65. The third-order valence-electron chi connectivity index (χ3n) is 2.70. The smallest absolute Gasteiger partial charge is 0.268 e. The first-order valence-corrected chi connectivity index (χ1v) is 4.76. The molecule has 0 saturated heterocycles. The maximum absolute atomic E-state index is 12.2. The Labute approximate surface area is 81.4 Å². The van der Waals surface area contributed by atoms with Gasteiger partial charge in [-0.15, -0.1) is 0 Å². The number of aryl methyl sites for hydroxylation is 2. The topological polar surface area (TPSA) is 20.2 Å². The molecule has 14 heavy (non-hydrogen) atoms. The minimum Gasteiger partial charge on any atom is -0.382 e. The molecular weight excluding hydrogens is 186 g/mol. The van der Waals surface area contributed by atoms with E-state index >= 15 is 0 Å². The summed E-state index contributed by atoms with van der Waals surface area (Å²) in [7, 11) is 0. The summed E-state index contributed by atoms with van der Waals surface area (Å²) in [6, 6.07) is 5.16. The number of fused-ring (bicyclic) bond motifs is 1. The van der Waals surface area contributed by atoms with Crippen molar-refractivity contribution >= 4 is 0 Å². The van der Waals surface area contributed by atoms with E-state index in [-0.39, 0.29) is 0 Å². The highest BCUT2D eigenvalue weighted by molar-refractivity contribution is 5.36. The van der Waals surface area contributed by atoms with Gasteiger partial charge in [0.2, 0.25) is 0 Å². The van der Waals surface area contributed by atoms with Crippen LogP contribution in [0.1, 0.15) is 29.2 Å². The Morgan fingerprint density at radius 3 is 2.57 bits per heavy atom. The second-order valence-corrected chi connectivity index (χ2v) is 3.66. The lowest BCUT2D eigenvalue weighted by molar-refractivity contribution is -0.00581. The summed E-state index contributed by atoms with van der Waals surface area (Å²) in [6.45, 7) is 0. The molecule has 2 rings (SSSR count). The van der Waals surface area contributed by atoms with Gasteiger partial charge in [-0.1, -0.05) is 18.2 Å². The summed E-state index contributed by atoms with van der Waals surface area (Å²) in [5.74, 6) is 0. The van der Waals surface area contributed by atoms with Crippen molar-refractivity contribution < 1.29 is 13.9 Å². The van der Waals surface area contributed by atoms with E-state index in [1.54, 1.807) is 12.1 Å². The fraction of sp³-hybridized carbons (Fsp3) is 0.455. The summed E-state index contributed by atoms with van der Waals surface area (Å²) in [5.41, 5.74) is 2.68. The highest BCUT2D eigenvalue weighted by Gasteiger charge is 2.20. The highest BCUT2D eigenvalue weighted by Crippen LogP contribution is 2.27. The first-order chi connectivity index (χ1) is 6.68. The Morgan fingerprint density at radius 1 is 1.14 bits per heavy atom. The monoisotopic (exact) mass is 198 g/mol.